The molecule has 2 aliphatic heterocycles. The summed E-state index contributed by atoms with van der Waals surface area (Å²) >= 11 is 0. The number of likely N-dealkylation sites (N-methyl/N-ethyl adjacent to an activating group) is 1. The second-order valence-corrected chi connectivity index (χ2v) is 7.99. The molecule has 6 nitrogen and oxygen atoms in total. The van der Waals surface area contributed by atoms with Crippen LogP contribution in [-0.2, 0) is 4.79 Å². The highest BCUT2D eigenvalue weighted by atomic mass is 16.2. The lowest BCUT2D eigenvalue weighted by Crippen LogP contribution is -2.62. The van der Waals surface area contributed by atoms with Gasteiger partial charge in [-0.25, -0.2) is 0 Å². The van der Waals surface area contributed by atoms with E-state index in [1.807, 2.05) is 17.0 Å². The van der Waals surface area contributed by atoms with Gasteiger partial charge in [0.05, 0.1) is 0 Å². The quantitative estimate of drug-likeness (QED) is 0.905. The zero-order valence-electron chi connectivity index (χ0n) is 15.0. The maximum absolute atomic E-state index is 12.8. The summed E-state index contributed by atoms with van der Waals surface area (Å²) in [5, 5.41) is 0. The van der Waals surface area contributed by atoms with E-state index in [9.17, 15) is 9.59 Å². The lowest BCUT2D eigenvalue weighted by molar-refractivity contribution is -0.130. The van der Waals surface area contributed by atoms with E-state index in [4.69, 9.17) is 0 Å². The number of nitrogens with zero attached hydrogens (tertiary/aromatic N) is 3. The van der Waals surface area contributed by atoms with Crippen LogP contribution in [0.2, 0.25) is 0 Å². The van der Waals surface area contributed by atoms with Crippen LogP contribution in [0, 0.1) is 5.92 Å². The molecule has 1 aliphatic carbocycles. The van der Waals surface area contributed by atoms with Crippen molar-refractivity contribution in [3.05, 3.63) is 24.0 Å². The van der Waals surface area contributed by atoms with Crippen LogP contribution in [0.4, 0.5) is 0 Å². The molecular weight excluding hydrogens is 316 g/mol. The number of aromatic amines is 1. The van der Waals surface area contributed by atoms with E-state index in [1.54, 1.807) is 6.20 Å². The monoisotopic (exact) mass is 344 g/mol. The van der Waals surface area contributed by atoms with Crippen molar-refractivity contribution in [1.82, 2.24) is 19.7 Å². The molecule has 6 heteroatoms. The average molecular weight is 344 g/mol. The molecule has 0 radical (unpaired) electrons. The highest BCUT2D eigenvalue weighted by Gasteiger charge is 2.44. The number of carbonyl (C=O) groups excluding carboxylic acids is 2. The largest absolute Gasteiger partial charge is 0.357 e. The fraction of sp³-hybridized carbons (Fsp3) is 0.684. The predicted molar refractivity (Wildman–Crippen MR) is 95.2 cm³/mol. The Morgan fingerprint density at radius 2 is 2.12 bits per heavy atom. The SMILES string of the molecule is CN1CCN(C(=O)c2ccc[nH]2)C[C@]12CCC(=O)N(CC1CC1)CC2. The van der Waals surface area contributed by atoms with Crippen molar-refractivity contribution in [2.24, 2.45) is 5.92 Å². The normalized spacial score (nSPS) is 28.4. The fourth-order valence-corrected chi connectivity index (χ4v) is 4.31. The Morgan fingerprint density at radius 3 is 2.84 bits per heavy atom. The third kappa shape index (κ3) is 3.32. The second kappa shape index (κ2) is 6.48. The molecule has 0 bridgehead atoms. The average Bonchev–Trinajstić information content (AvgIpc) is 3.30. The van der Waals surface area contributed by atoms with Gasteiger partial charge in [0.15, 0.2) is 0 Å². The molecule has 4 rings (SSSR count). The number of likely N-dealkylation sites (tertiary alicyclic amines) is 1. The Balaban J connectivity index is 1.48. The van der Waals surface area contributed by atoms with Gasteiger partial charge in [-0.05, 0) is 50.8 Å². The lowest BCUT2D eigenvalue weighted by atomic mass is 9.86. The number of nitrogens with one attached hydrogen (secondary N) is 1. The van der Waals surface area contributed by atoms with Gasteiger partial charge >= 0.3 is 0 Å². The first-order valence-electron chi connectivity index (χ1n) is 9.49. The number of aromatic nitrogens is 1. The number of amides is 2. The predicted octanol–water partition coefficient (Wildman–Crippen LogP) is 1.56. The van der Waals surface area contributed by atoms with Crippen LogP contribution in [0.25, 0.3) is 0 Å². The summed E-state index contributed by atoms with van der Waals surface area (Å²) in [5.74, 6) is 1.10. The molecule has 1 atom stereocenters. The molecule has 1 aromatic rings. The van der Waals surface area contributed by atoms with Crippen molar-refractivity contribution < 1.29 is 9.59 Å². The molecule has 2 saturated heterocycles. The molecule has 3 heterocycles. The van der Waals surface area contributed by atoms with Crippen molar-refractivity contribution in [2.45, 2.75) is 37.6 Å². The minimum Gasteiger partial charge on any atom is -0.357 e. The Labute approximate surface area is 149 Å². The summed E-state index contributed by atoms with van der Waals surface area (Å²) in [6.45, 7) is 4.08. The maximum atomic E-state index is 12.8. The van der Waals surface area contributed by atoms with Gasteiger partial charge in [-0.3, -0.25) is 14.5 Å². The summed E-state index contributed by atoms with van der Waals surface area (Å²) in [7, 11) is 2.15. The van der Waals surface area contributed by atoms with Crippen LogP contribution in [0.5, 0.6) is 0 Å². The number of H-pyrrole nitrogens is 1. The first-order valence-corrected chi connectivity index (χ1v) is 9.49. The van der Waals surface area contributed by atoms with Crippen molar-refractivity contribution >= 4 is 11.8 Å². The van der Waals surface area contributed by atoms with Crippen LogP contribution in [-0.4, -0.2) is 76.8 Å². The molecule has 3 aliphatic rings. The van der Waals surface area contributed by atoms with Gasteiger partial charge < -0.3 is 14.8 Å². The first-order chi connectivity index (χ1) is 12.1. The van der Waals surface area contributed by atoms with Crippen molar-refractivity contribution in [2.75, 3.05) is 39.8 Å². The van der Waals surface area contributed by atoms with Crippen LogP contribution >= 0.6 is 0 Å². The van der Waals surface area contributed by atoms with Crippen LogP contribution in [0.3, 0.4) is 0 Å². The van der Waals surface area contributed by atoms with Gasteiger partial charge in [-0.2, -0.15) is 0 Å². The molecule has 2 amide bonds. The number of hydrogen-bond acceptors (Lipinski definition) is 3. The summed E-state index contributed by atoms with van der Waals surface area (Å²) < 4.78 is 0. The topological polar surface area (TPSA) is 59.7 Å². The zero-order chi connectivity index (χ0) is 17.4. The molecule has 1 N–H and O–H groups in total. The fourth-order valence-electron chi connectivity index (χ4n) is 4.31. The minimum atomic E-state index is -0.0749. The molecule has 0 aromatic carbocycles. The molecule has 1 aromatic heterocycles. The molecule has 25 heavy (non-hydrogen) atoms. The highest BCUT2D eigenvalue weighted by Crippen LogP contribution is 2.35. The van der Waals surface area contributed by atoms with E-state index in [0.717, 1.165) is 44.9 Å². The number of rotatable bonds is 3. The second-order valence-electron chi connectivity index (χ2n) is 7.99. The number of carbonyl (C=O) groups is 2. The van der Waals surface area contributed by atoms with E-state index in [-0.39, 0.29) is 11.4 Å². The Hall–Kier alpha value is -1.82. The maximum Gasteiger partial charge on any atom is 0.270 e. The molecule has 1 saturated carbocycles. The van der Waals surface area contributed by atoms with Crippen molar-refractivity contribution in [3.63, 3.8) is 0 Å². The van der Waals surface area contributed by atoms with Gasteiger partial charge in [0, 0.05) is 50.9 Å². The van der Waals surface area contributed by atoms with E-state index < -0.39 is 0 Å². The molecule has 136 valence electrons. The highest BCUT2D eigenvalue weighted by molar-refractivity contribution is 5.92. The lowest BCUT2D eigenvalue weighted by Gasteiger charge is -2.49. The Bertz CT molecular complexity index is 640. The third-order valence-corrected chi connectivity index (χ3v) is 6.30. The van der Waals surface area contributed by atoms with E-state index in [2.05, 4.69) is 21.8 Å². The first kappa shape index (κ1) is 16.6. The summed E-state index contributed by atoms with van der Waals surface area (Å²) in [4.78, 5) is 34.7. The smallest absolute Gasteiger partial charge is 0.270 e. The summed E-state index contributed by atoms with van der Waals surface area (Å²) in [5.41, 5.74) is 0.578. The Morgan fingerprint density at radius 1 is 1.28 bits per heavy atom. The van der Waals surface area contributed by atoms with Gasteiger partial charge in [0.25, 0.3) is 5.91 Å². The van der Waals surface area contributed by atoms with Crippen LogP contribution < -0.4 is 0 Å². The molecule has 1 spiro atoms. The zero-order valence-corrected chi connectivity index (χ0v) is 15.0. The van der Waals surface area contributed by atoms with Crippen molar-refractivity contribution in [1.29, 1.82) is 0 Å². The van der Waals surface area contributed by atoms with Gasteiger partial charge in [0.2, 0.25) is 5.91 Å². The molecule has 0 unspecified atom stereocenters. The van der Waals surface area contributed by atoms with E-state index in [1.165, 1.54) is 12.8 Å². The number of hydrogen-bond donors (Lipinski definition) is 1. The Kier molecular flexibility index (Phi) is 4.31. The van der Waals surface area contributed by atoms with Crippen molar-refractivity contribution in [3.8, 4) is 0 Å². The van der Waals surface area contributed by atoms with E-state index in [0.29, 0.717) is 24.6 Å². The van der Waals surface area contributed by atoms with Crippen LogP contribution in [0.1, 0.15) is 42.6 Å². The molecular formula is C19H28N4O2. The molecule has 3 fully saturated rings. The summed E-state index contributed by atoms with van der Waals surface area (Å²) in [6.07, 6.45) is 6.73. The third-order valence-electron chi connectivity index (χ3n) is 6.30. The van der Waals surface area contributed by atoms with E-state index >= 15 is 0 Å². The standard InChI is InChI=1S/C19H28N4O2/c1-21-11-12-23(18(25)16-3-2-9-20-16)14-19(21)7-6-17(24)22(10-8-19)13-15-4-5-15/h2-3,9,15,20H,4-8,10-14H2,1H3/t19-/m1/s1. The minimum absolute atomic E-state index is 0.0721. The van der Waals surface area contributed by atoms with Gasteiger partial charge in [0.1, 0.15) is 5.69 Å². The van der Waals surface area contributed by atoms with Gasteiger partial charge in [-0.15, -0.1) is 0 Å². The summed E-state index contributed by atoms with van der Waals surface area (Å²) in [6, 6.07) is 3.69. The van der Waals surface area contributed by atoms with Crippen LogP contribution in [0.15, 0.2) is 18.3 Å². The number of piperazine rings is 1. The van der Waals surface area contributed by atoms with Gasteiger partial charge in [-0.1, -0.05) is 0 Å².